The molecule has 3 nitrogen and oxygen atoms in total. The van der Waals surface area contributed by atoms with E-state index in [1.54, 1.807) is 25.4 Å². The number of benzene rings is 1. The van der Waals surface area contributed by atoms with E-state index in [2.05, 4.69) is 4.98 Å². The van der Waals surface area contributed by atoms with Crippen molar-refractivity contribution in [3.8, 4) is 16.9 Å². The standard InChI is InChI=1S/C12H10ClNO2/c1-16-11-7-14-12(15)6-10(11)8-3-2-4-9(13)5-8/h2-7H,1H3,(H,14,15). The number of hydrogen-bond donors (Lipinski definition) is 1. The molecule has 2 rings (SSSR count). The predicted octanol–water partition coefficient (Wildman–Crippen LogP) is 2.70. The van der Waals surface area contributed by atoms with Crippen molar-refractivity contribution in [1.82, 2.24) is 4.98 Å². The molecule has 1 heterocycles. The van der Waals surface area contributed by atoms with Crippen LogP contribution in [0.5, 0.6) is 5.75 Å². The van der Waals surface area contributed by atoms with Crippen LogP contribution in [0.3, 0.4) is 0 Å². The van der Waals surface area contributed by atoms with Gasteiger partial charge in [-0.1, -0.05) is 23.7 Å². The van der Waals surface area contributed by atoms with Gasteiger partial charge in [0.05, 0.1) is 7.11 Å². The van der Waals surface area contributed by atoms with Crippen molar-refractivity contribution >= 4 is 11.6 Å². The van der Waals surface area contributed by atoms with Gasteiger partial charge in [-0.05, 0) is 17.7 Å². The summed E-state index contributed by atoms with van der Waals surface area (Å²) < 4.78 is 5.18. The van der Waals surface area contributed by atoms with Crippen molar-refractivity contribution in [2.45, 2.75) is 0 Å². The summed E-state index contributed by atoms with van der Waals surface area (Å²) in [5.41, 5.74) is 1.42. The van der Waals surface area contributed by atoms with Gasteiger partial charge in [0.15, 0.2) is 0 Å². The zero-order chi connectivity index (χ0) is 11.5. The van der Waals surface area contributed by atoms with Crippen LogP contribution in [0, 0.1) is 0 Å². The lowest BCUT2D eigenvalue weighted by atomic mass is 10.1. The maximum absolute atomic E-state index is 11.3. The highest BCUT2D eigenvalue weighted by molar-refractivity contribution is 6.30. The van der Waals surface area contributed by atoms with Gasteiger partial charge < -0.3 is 9.72 Å². The van der Waals surface area contributed by atoms with Crippen molar-refractivity contribution in [3.05, 3.63) is 51.9 Å². The SMILES string of the molecule is COc1c[nH]c(=O)cc1-c1cccc(Cl)c1. The molecule has 0 saturated heterocycles. The topological polar surface area (TPSA) is 42.1 Å². The van der Waals surface area contributed by atoms with Gasteiger partial charge in [0, 0.05) is 22.8 Å². The van der Waals surface area contributed by atoms with Crippen LogP contribution in [0.2, 0.25) is 5.02 Å². The third-order valence-corrected chi connectivity index (χ3v) is 2.48. The molecular formula is C12H10ClNO2. The van der Waals surface area contributed by atoms with E-state index in [9.17, 15) is 4.79 Å². The van der Waals surface area contributed by atoms with Gasteiger partial charge in [0.1, 0.15) is 5.75 Å². The minimum Gasteiger partial charge on any atom is -0.495 e. The van der Waals surface area contributed by atoms with Crippen molar-refractivity contribution in [1.29, 1.82) is 0 Å². The highest BCUT2D eigenvalue weighted by Crippen LogP contribution is 2.29. The molecule has 1 aromatic heterocycles. The second-order valence-corrected chi connectivity index (χ2v) is 3.73. The van der Waals surface area contributed by atoms with E-state index in [1.165, 1.54) is 6.07 Å². The van der Waals surface area contributed by atoms with Gasteiger partial charge in [0.25, 0.3) is 0 Å². The summed E-state index contributed by atoms with van der Waals surface area (Å²) in [6, 6.07) is 8.77. The van der Waals surface area contributed by atoms with Crippen molar-refractivity contribution < 1.29 is 4.74 Å². The second-order valence-electron chi connectivity index (χ2n) is 3.29. The molecule has 0 fully saturated rings. The van der Waals surface area contributed by atoms with Crippen LogP contribution >= 0.6 is 11.6 Å². The number of aromatic nitrogens is 1. The lowest BCUT2D eigenvalue weighted by Crippen LogP contribution is -2.04. The molecule has 16 heavy (non-hydrogen) atoms. The van der Waals surface area contributed by atoms with Crippen molar-refractivity contribution in [2.24, 2.45) is 0 Å². The van der Waals surface area contributed by atoms with E-state index in [0.717, 1.165) is 11.1 Å². The number of pyridine rings is 1. The van der Waals surface area contributed by atoms with Gasteiger partial charge in [-0.25, -0.2) is 0 Å². The average Bonchev–Trinajstić information content (AvgIpc) is 2.29. The van der Waals surface area contributed by atoms with E-state index < -0.39 is 0 Å². The van der Waals surface area contributed by atoms with E-state index >= 15 is 0 Å². The summed E-state index contributed by atoms with van der Waals surface area (Å²) >= 11 is 5.90. The lowest BCUT2D eigenvalue weighted by Gasteiger charge is -2.07. The summed E-state index contributed by atoms with van der Waals surface area (Å²) in [6.45, 7) is 0. The third-order valence-electron chi connectivity index (χ3n) is 2.24. The summed E-state index contributed by atoms with van der Waals surface area (Å²) in [6.07, 6.45) is 1.54. The van der Waals surface area contributed by atoms with Crippen LogP contribution in [0.1, 0.15) is 0 Å². The maximum atomic E-state index is 11.3. The molecule has 0 spiro atoms. The number of methoxy groups -OCH3 is 1. The highest BCUT2D eigenvalue weighted by atomic mass is 35.5. The molecule has 1 aromatic carbocycles. The monoisotopic (exact) mass is 235 g/mol. The first kappa shape index (κ1) is 10.8. The number of hydrogen-bond acceptors (Lipinski definition) is 2. The minimum absolute atomic E-state index is 0.171. The molecule has 4 heteroatoms. The molecule has 1 N–H and O–H groups in total. The van der Waals surface area contributed by atoms with Gasteiger partial charge in [-0.15, -0.1) is 0 Å². The quantitative estimate of drug-likeness (QED) is 0.870. The Labute approximate surface area is 97.7 Å². The van der Waals surface area contributed by atoms with Crippen LogP contribution in [0.25, 0.3) is 11.1 Å². The molecule has 0 saturated carbocycles. The normalized spacial score (nSPS) is 10.1. The lowest BCUT2D eigenvalue weighted by molar-refractivity contribution is 0.414. The molecule has 82 valence electrons. The van der Waals surface area contributed by atoms with Gasteiger partial charge in [-0.2, -0.15) is 0 Å². The van der Waals surface area contributed by atoms with Crippen molar-refractivity contribution in [3.63, 3.8) is 0 Å². The summed E-state index contributed by atoms with van der Waals surface area (Å²) in [5, 5.41) is 0.625. The minimum atomic E-state index is -0.171. The first-order valence-electron chi connectivity index (χ1n) is 4.73. The molecule has 0 bridgehead atoms. The molecule has 0 aliphatic carbocycles. The van der Waals surface area contributed by atoms with Crippen LogP contribution in [-0.2, 0) is 0 Å². The highest BCUT2D eigenvalue weighted by Gasteiger charge is 2.06. The smallest absolute Gasteiger partial charge is 0.248 e. The number of nitrogens with one attached hydrogen (secondary N) is 1. The zero-order valence-electron chi connectivity index (χ0n) is 8.66. The Morgan fingerprint density at radius 1 is 1.31 bits per heavy atom. The molecule has 0 aliphatic heterocycles. The Balaban J connectivity index is 2.62. The number of ether oxygens (including phenoxy) is 1. The Hall–Kier alpha value is -1.74. The molecular weight excluding hydrogens is 226 g/mol. The first-order valence-corrected chi connectivity index (χ1v) is 5.11. The van der Waals surface area contributed by atoms with E-state index in [0.29, 0.717) is 10.8 Å². The van der Waals surface area contributed by atoms with Gasteiger partial charge >= 0.3 is 0 Å². The first-order chi connectivity index (χ1) is 7.70. The fourth-order valence-electron chi connectivity index (χ4n) is 1.51. The number of H-pyrrole nitrogens is 1. The number of aromatic amines is 1. The molecule has 0 unspecified atom stereocenters. The Morgan fingerprint density at radius 2 is 2.12 bits per heavy atom. The van der Waals surface area contributed by atoms with Gasteiger partial charge in [-0.3, -0.25) is 4.79 Å². The van der Waals surface area contributed by atoms with E-state index in [1.807, 2.05) is 12.1 Å². The maximum Gasteiger partial charge on any atom is 0.248 e. The largest absolute Gasteiger partial charge is 0.495 e. The zero-order valence-corrected chi connectivity index (χ0v) is 9.41. The molecule has 0 atom stereocenters. The fourth-order valence-corrected chi connectivity index (χ4v) is 1.70. The Morgan fingerprint density at radius 3 is 2.81 bits per heavy atom. The molecule has 0 aliphatic rings. The van der Waals surface area contributed by atoms with Gasteiger partial charge in [0.2, 0.25) is 5.56 Å². The number of halogens is 1. The second kappa shape index (κ2) is 4.41. The summed E-state index contributed by atoms with van der Waals surface area (Å²) in [7, 11) is 1.56. The molecule has 0 amide bonds. The molecule has 0 radical (unpaired) electrons. The van der Waals surface area contributed by atoms with Crippen LogP contribution in [0.4, 0.5) is 0 Å². The van der Waals surface area contributed by atoms with Crippen LogP contribution in [0.15, 0.2) is 41.3 Å². The van der Waals surface area contributed by atoms with Crippen LogP contribution < -0.4 is 10.3 Å². The van der Waals surface area contributed by atoms with Crippen LogP contribution in [-0.4, -0.2) is 12.1 Å². The third kappa shape index (κ3) is 2.09. The van der Waals surface area contributed by atoms with Crippen molar-refractivity contribution in [2.75, 3.05) is 7.11 Å². The molecule has 2 aromatic rings. The summed E-state index contributed by atoms with van der Waals surface area (Å²) in [5.74, 6) is 0.613. The van der Waals surface area contributed by atoms with E-state index in [4.69, 9.17) is 16.3 Å². The Bertz CT molecular complexity index is 563. The number of rotatable bonds is 2. The predicted molar refractivity (Wildman–Crippen MR) is 64.1 cm³/mol. The Kier molecular flexibility index (Phi) is 2.97. The fraction of sp³-hybridized carbons (Fsp3) is 0.0833. The average molecular weight is 236 g/mol. The van der Waals surface area contributed by atoms with E-state index in [-0.39, 0.29) is 5.56 Å². The summed E-state index contributed by atoms with van der Waals surface area (Å²) in [4.78, 5) is 13.8.